The molecule has 0 atom stereocenters. The van der Waals surface area contributed by atoms with E-state index in [0.29, 0.717) is 13.0 Å². The molecule has 0 amide bonds. The summed E-state index contributed by atoms with van der Waals surface area (Å²) >= 11 is 0. The maximum absolute atomic E-state index is 12.1. The number of halogens is 1. The fourth-order valence-electron chi connectivity index (χ4n) is 2.10. The molecule has 0 spiro atoms. The molecule has 0 bridgehead atoms. The first-order chi connectivity index (χ1) is 11.1. The number of nitrogens with one attached hydrogen (secondary N) is 2. The Balaban J connectivity index is 0.00000529. The number of guanidine groups is 1. The second-order valence-corrected chi connectivity index (χ2v) is 7.66. The van der Waals surface area contributed by atoms with Crippen LogP contribution in [0.1, 0.15) is 38.7 Å². The third-order valence-electron chi connectivity index (χ3n) is 3.28. The van der Waals surface area contributed by atoms with Crippen LogP contribution < -0.4 is 10.6 Å². The SMILES string of the molecule is CCCCNC(=NCCCS(=O)(=O)Cc1ccccc1)NCC.I. The molecule has 0 saturated heterocycles. The summed E-state index contributed by atoms with van der Waals surface area (Å²) in [5.74, 6) is 1.04. The van der Waals surface area contributed by atoms with E-state index in [4.69, 9.17) is 0 Å². The Bertz CT molecular complexity index is 562. The van der Waals surface area contributed by atoms with Crippen molar-refractivity contribution in [3.63, 3.8) is 0 Å². The third kappa shape index (κ3) is 10.9. The van der Waals surface area contributed by atoms with E-state index in [1.807, 2.05) is 37.3 Å². The van der Waals surface area contributed by atoms with E-state index in [0.717, 1.165) is 37.5 Å². The molecule has 2 N–H and O–H groups in total. The van der Waals surface area contributed by atoms with Crippen molar-refractivity contribution in [1.29, 1.82) is 0 Å². The predicted molar refractivity (Wildman–Crippen MR) is 113 cm³/mol. The van der Waals surface area contributed by atoms with Gasteiger partial charge in [0.15, 0.2) is 15.8 Å². The summed E-state index contributed by atoms with van der Waals surface area (Å²) in [5, 5.41) is 6.42. The van der Waals surface area contributed by atoms with E-state index in [1.165, 1.54) is 0 Å². The van der Waals surface area contributed by atoms with Crippen molar-refractivity contribution in [3.8, 4) is 0 Å². The van der Waals surface area contributed by atoms with Crippen LogP contribution in [0.5, 0.6) is 0 Å². The molecule has 7 heteroatoms. The molecule has 0 radical (unpaired) electrons. The van der Waals surface area contributed by atoms with Gasteiger partial charge >= 0.3 is 0 Å². The quantitative estimate of drug-likeness (QED) is 0.240. The van der Waals surface area contributed by atoms with Crippen molar-refractivity contribution < 1.29 is 8.42 Å². The molecule has 138 valence electrons. The lowest BCUT2D eigenvalue weighted by Gasteiger charge is -2.10. The third-order valence-corrected chi connectivity index (χ3v) is 4.96. The Kier molecular flexibility index (Phi) is 13.0. The van der Waals surface area contributed by atoms with Crippen LogP contribution in [0.25, 0.3) is 0 Å². The molecule has 0 unspecified atom stereocenters. The fraction of sp³-hybridized carbons (Fsp3) is 0.588. The lowest BCUT2D eigenvalue weighted by atomic mass is 10.2. The lowest BCUT2D eigenvalue weighted by Crippen LogP contribution is -2.37. The van der Waals surface area contributed by atoms with Gasteiger partial charge in [0.25, 0.3) is 0 Å². The van der Waals surface area contributed by atoms with E-state index in [2.05, 4.69) is 22.5 Å². The summed E-state index contributed by atoms with van der Waals surface area (Å²) in [4.78, 5) is 4.43. The summed E-state index contributed by atoms with van der Waals surface area (Å²) in [6.45, 7) is 6.35. The zero-order valence-electron chi connectivity index (χ0n) is 14.6. The van der Waals surface area contributed by atoms with Gasteiger partial charge in [-0.15, -0.1) is 24.0 Å². The van der Waals surface area contributed by atoms with Gasteiger partial charge < -0.3 is 10.6 Å². The Morgan fingerprint density at radius 1 is 1.08 bits per heavy atom. The van der Waals surface area contributed by atoms with Crippen LogP contribution in [-0.2, 0) is 15.6 Å². The standard InChI is InChI=1S/C17H29N3O2S.HI/c1-3-5-12-19-17(18-4-2)20-13-9-14-23(21,22)15-16-10-7-6-8-11-16;/h6-8,10-11H,3-5,9,12-15H2,1-2H3,(H2,18,19,20);1H. The second-order valence-electron chi connectivity index (χ2n) is 5.47. The van der Waals surface area contributed by atoms with Crippen molar-refractivity contribution >= 4 is 39.8 Å². The van der Waals surface area contributed by atoms with Crippen LogP contribution in [0, 0.1) is 0 Å². The molecular weight excluding hydrogens is 437 g/mol. The Hall–Kier alpha value is -0.830. The van der Waals surface area contributed by atoms with Gasteiger partial charge in [-0.1, -0.05) is 43.7 Å². The highest BCUT2D eigenvalue weighted by Crippen LogP contribution is 2.07. The minimum Gasteiger partial charge on any atom is -0.357 e. The Morgan fingerprint density at radius 3 is 2.42 bits per heavy atom. The van der Waals surface area contributed by atoms with Gasteiger partial charge in [0.2, 0.25) is 0 Å². The van der Waals surface area contributed by atoms with Crippen molar-refractivity contribution in [2.45, 2.75) is 38.9 Å². The molecule has 0 aliphatic carbocycles. The molecule has 1 aromatic rings. The molecule has 5 nitrogen and oxygen atoms in total. The highest BCUT2D eigenvalue weighted by Gasteiger charge is 2.11. The maximum Gasteiger partial charge on any atom is 0.191 e. The van der Waals surface area contributed by atoms with E-state index in [-0.39, 0.29) is 35.5 Å². The second kappa shape index (κ2) is 13.5. The van der Waals surface area contributed by atoms with Gasteiger partial charge in [0, 0.05) is 19.6 Å². The highest BCUT2D eigenvalue weighted by molar-refractivity contribution is 14.0. The van der Waals surface area contributed by atoms with Gasteiger partial charge in [-0.2, -0.15) is 0 Å². The number of hydrogen-bond acceptors (Lipinski definition) is 3. The first-order valence-corrected chi connectivity index (χ1v) is 10.2. The van der Waals surface area contributed by atoms with Gasteiger partial charge in [-0.25, -0.2) is 8.42 Å². The van der Waals surface area contributed by atoms with Crippen molar-refractivity contribution in [3.05, 3.63) is 35.9 Å². The van der Waals surface area contributed by atoms with Crippen molar-refractivity contribution in [2.24, 2.45) is 4.99 Å². The number of aliphatic imine (C=N–C) groups is 1. The monoisotopic (exact) mass is 467 g/mol. The molecule has 0 heterocycles. The first-order valence-electron chi connectivity index (χ1n) is 8.34. The summed E-state index contributed by atoms with van der Waals surface area (Å²) in [6.07, 6.45) is 2.76. The molecule has 0 aromatic heterocycles. The summed E-state index contributed by atoms with van der Waals surface area (Å²) < 4.78 is 24.2. The van der Waals surface area contributed by atoms with E-state index in [9.17, 15) is 8.42 Å². The molecule has 24 heavy (non-hydrogen) atoms. The number of benzene rings is 1. The smallest absolute Gasteiger partial charge is 0.191 e. The first kappa shape index (κ1) is 23.2. The number of rotatable bonds is 10. The Morgan fingerprint density at radius 2 is 1.79 bits per heavy atom. The van der Waals surface area contributed by atoms with E-state index >= 15 is 0 Å². The summed E-state index contributed by atoms with van der Waals surface area (Å²) in [5.41, 5.74) is 0.838. The average Bonchev–Trinajstić information content (AvgIpc) is 2.52. The zero-order chi connectivity index (χ0) is 17.0. The van der Waals surface area contributed by atoms with Crippen LogP contribution in [0.2, 0.25) is 0 Å². The lowest BCUT2D eigenvalue weighted by molar-refractivity contribution is 0.592. The number of sulfone groups is 1. The maximum atomic E-state index is 12.1. The van der Waals surface area contributed by atoms with Crippen molar-refractivity contribution in [1.82, 2.24) is 10.6 Å². The largest absolute Gasteiger partial charge is 0.357 e. The number of nitrogens with zero attached hydrogens (tertiary/aromatic N) is 1. The zero-order valence-corrected chi connectivity index (χ0v) is 17.8. The van der Waals surface area contributed by atoms with Gasteiger partial charge in [0.05, 0.1) is 11.5 Å². The fourth-order valence-corrected chi connectivity index (χ4v) is 3.51. The molecule has 0 aliphatic rings. The molecule has 0 saturated carbocycles. The molecular formula is C17H30IN3O2S. The summed E-state index contributed by atoms with van der Waals surface area (Å²) in [6, 6.07) is 9.30. The van der Waals surface area contributed by atoms with Crippen LogP contribution in [-0.4, -0.2) is 39.8 Å². The van der Waals surface area contributed by atoms with Crippen LogP contribution in [0.4, 0.5) is 0 Å². The molecule has 0 aliphatic heterocycles. The van der Waals surface area contributed by atoms with Gasteiger partial charge in [0.1, 0.15) is 0 Å². The minimum absolute atomic E-state index is 0. The van der Waals surface area contributed by atoms with E-state index in [1.54, 1.807) is 0 Å². The molecule has 1 rings (SSSR count). The molecule has 0 fully saturated rings. The summed E-state index contributed by atoms with van der Waals surface area (Å²) in [7, 11) is -3.08. The Labute approximate surface area is 163 Å². The highest BCUT2D eigenvalue weighted by atomic mass is 127. The van der Waals surface area contributed by atoms with Gasteiger partial charge in [-0.05, 0) is 25.3 Å². The van der Waals surface area contributed by atoms with Crippen LogP contribution >= 0.6 is 24.0 Å². The topological polar surface area (TPSA) is 70.6 Å². The van der Waals surface area contributed by atoms with Gasteiger partial charge in [-0.3, -0.25) is 4.99 Å². The predicted octanol–water partition coefficient (Wildman–Crippen LogP) is 2.96. The number of hydrogen-bond donors (Lipinski definition) is 2. The normalized spacial score (nSPS) is 11.7. The number of unbranched alkanes of at least 4 members (excludes halogenated alkanes) is 1. The van der Waals surface area contributed by atoms with E-state index < -0.39 is 9.84 Å². The molecule has 1 aromatic carbocycles. The van der Waals surface area contributed by atoms with Crippen LogP contribution in [0.3, 0.4) is 0 Å². The van der Waals surface area contributed by atoms with Crippen molar-refractivity contribution in [2.75, 3.05) is 25.4 Å². The average molecular weight is 467 g/mol. The van der Waals surface area contributed by atoms with Crippen LogP contribution in [0.15, 0.2) is 35.3 Å². The minimum atomic E-state index is -3.08.